The molecule has 2 aromatic rings. The predicted molar refractivity (Wildman–Crippen MR) is 75.4 cm³/mol. The fraction of sp³-hybridized carbons (Fsp3) is 0.500. The molecule has 0 aromatic carbocycles. The van der Waals surface area contributed by atoms with Crippen LogP contribution in [0.15, 0.2) is 16.5 Å². The van der Waals surface area contributed by atoms with E-state index >= 15 is 0 Å². The van der Waals surface area contributed by atoms with Gasteiger partial charge in [0.2, 0.25) is 0 Å². The lowest BCUT2D eigenvalue weighted by atomic mass is 10.2. The first-order valence-electron chi connectivity index (χ1n) is 6.22. The second-order valence-corrected chi connectivity index (χ2v) is 5.15. The summed E-state index contributed by atoms with van der Waals surface area (Å²) in [5.74, 6) is 1.78. The van der Waals surface area contributed by atoms with Gasteiger partial charge in [-0.3, -0.25) is 0 Å². The normalized spacial score (nSPS) is 10.7. The molecule has 102 valence electrons. The van der Waals surface area contributed by atoms with Gasteiger partial charge in [0, 0.05) is 19.7 Å². The molecule has 1 N–H and O–H groups in total. The van der Waals surface area contributed by atoms with Gasteiger partial charge >= 0.3 is 0 Å². The van der Waals surface area contributed by atoms with E-state index in [-0.39, 0.29) is 0 Å². The van der Waals surface area contributed by atoms with Gasteiger partial charge in [0.25, 0.3) is 0 Å². The molecule has 6 nitrogen and oxygen atoms in total. The number of nitrogens with zero attached hydrogens (tertiary/aromatic N) is 5. The highest BCUT2D eigenvalue weighted by molar-refractivity contribution is 7.99. The summed E-state index contributed by atoms with van der Waals surface area (Å²) in [5.41, 5.74) is 1.14. The van der Waals surface area contributed by atoms with Gasteiger partial charge in [0.15, 0.2) is 5.16 Å². The average molecular weight is 278 g/mol. The van der Waals surface area contributed by atoms with Gasteiger partial charge in [-0.05, 0) is 25.1 Å². The van der Waals surface area contributed by atoms with Crippen molar-refractivity contribution < 1.29 is 0 Å². The molecule has 19 heavy (non-hydrogen) atoms. The molecule has 2 aromatic heterocycles. The van der Waals surface area contributed by atoms with Crippen LogP contribution in [0.1, 0.15) is 24.7 Å². The predicted octanol–water partition coefficient (Wildman–Crippen LogP) is 2.06. The highest BCUT2D eigenvalue weighted by atomic mass is 32.2. The molecule has 0 amide bonds. The third-order valence-corrected chi connectivity index (χ3v) is 3.97. The molecule has 0 atom stereocenters. The van der Waals surface area contributed by atoms with E-state index in [0.717, 1.165) is 40.2 Å². The third kappa shape index (κ3) is 2.86. The molecular formula is C12H18N6S. The maximum Gasteiger partial charge on any atom is 0.197 e. The minimum absolute atomic E-state index is 0.843. The Kier molecular flexibility index (Phi) is 4.36. The second kappa shape index (κ2) is 6.01. The van der Waals surface area contributed by atoms with E-state index in [9.17, 15) is 0 Å². The van der Waals surface area contributed by atoms with Crippen LogP contribution in [0.4, 0.5) is 5.82 Å². The molecule has 0 saturated carbocycles. The van der Waals surface area contributed by atoms with Gasteiger partial charge in [0.1, 0.15) is 23.0 Å². The highest BCUT2D eigenvalue weighted by Crippen LogP contribution is 2.30. The van der Waals surface area contributed by atoms with Gasteiger partial charge < -0.3 is 9.88 Å². The molecule has 0 bridgehead atoms. The van der Waals surface area contributed by atoms with Crippen molar-refractivity contribution in [2.24, 2.45) is 7.05 Å². The number of nitrogens with one attached hydrogen (secondary N) is 1. The smallest absolute Gasteiger partial charge is 0.197 e. The van der Waals surface area contributed by atoms with Crippen molar-refractivity contribution in [2.75, 3.05) is 12.4 Å². The zero-order chi connectivity index (χ0) is 13.8. The molecule has 0 aliphatic heterocycles. The van der Waals surface area contributed by atoms with Crippen molar-refractivity contribution in [2.45, 2.75) is 36.9 Å². The molecule has 0 unspecified atom stereocenters. The molecule has 0 aliphatic carbocycles. The van der Waals surface area contributed by atoms with E-state index < -0.39 is 0 Å². The Morgan fingerprint density at radius 1 is 1.32 bits per heavy atom. The Labute approximate surface area is 117 Å². The Morgan fingerprint density at radius 2 is 2.11 bits per heavy atom. The van der Waals surface area contributed by atoms with Crippen molar-refractivity contribution in [1.29, 1.82) is 0 Å². The Bertz CT molecular complexity index is 565. The SMILES string of the molecule is CCCc1c(NC)ncnc1Sc1nnc(C)n1C. The fourth-order valence-corrected chi connectivity index (χ4v) is 2.68. The van der Waals surface area contributed by atoms with E-state index in [1.165, 1.54) is 11.8 Å². The number of aromatic nitrogens is 5. The number of hydrogen-bond acceptors (Lipinski definition) is 6. The molecule has 0 radical (unpaired) electrons. The second-order valence-electron chi connectivity index (χ2n) is 4.20. The molecule has 0 fully saturated rings. The zero-order valence-electron chi connectivity index (χ0n) is 11.6. The van der Waals surface area contributed by atoms with E-state index in [1.807, 2.05) is 25.6 Å². The summed E-state index contributed by atoms with van der Waals surface area (Å²) in [6, 6.07) is 0. The van der Waals surface area contributed by atoms with Gasteiger partial charge in [-0.2, -0.15) is 0 Å². The summed E-state index contributed by atoms with van der Waals surface area (Å²) >= 11 is 1.53. The molecule has 0 saturated heterocycles. The topological polar surface area (TPSA) is 68.5 Å². The van der Waals surface area contributed by atoms with Crippen LogP contribution in [0.25, 0.3) is 0 Å². The first-order chi connectivity index (χ1) is 9.17. The first-order valence-corrected chi connectivity index (χ1v) is 7.04. The van der Waals surface area contributed by atoms with Crippen molar-refractivity contribution >= 4 is 17.6 Å². The van der Waals surface area contributed by atoms with Crippen LogP contribution in [0.2, 0.25) is 0 Å². The first kappa shape index (κ1) is 13.8. The minimum Gasteiger partial charge on any atom is -0.373 e. The van der Waals surface area contributed by atoms with Crippen LogP contribution in [-0.2, 0) is 13.5 Å². The summed E-state index contributed by atoms with van der Waals surface area (Å²) in [7, 11) is 3.83. The van der Waals surface area contributed by atoms with Crippen molar-refractivity contribution in [3.05, 3.63) is 17.7 Å². The molecule has 2 rings (SSSR count). The van der Waals surface area contributed by atoms with Crippen LogP contribution in [-0.4, -0.2) is 31.8 Å². The quantitative estimate of drug-likeness (QED) is 0.844. The standard InChI is InChI=1S/C12H18N6S/c1-5-6-9-10(13-3)14-7-15-11(9)19-12-17-16-8(2)18(12)4/h7H,5-6H2,1-4H3,(H,13,14,15). The molecule has 7 heteroatoms. The number of anilines is 1. The Balaban J connectivity index is 2.36. The number of hydrogen-bond donors (Lipinski definition) is 1. The van der Waals surface area contributed by atoms with Crippen LogP contribution < -0.4 is 5.32 Å². The average Bonchev–Trinajstić information content (AvgIpc) is 2.73. The molecular weight excluding hydrogens is 260 g/mol. The van der Waals surface area contributed by atoms with Crippen molar-refractivity contribution in [3.8, 4) is 0 Å². The number of aryl methyl sites for hydroxylation is 1. The van der Waals surface area contributed by atoms with Crippen LogP contribution in [0, 0.1) is 6.92 Å². The molecule has 0 spiro atoms. The van der Waals surface area contributed by atoms with Gasteiger partial charge in [0.05, 0.1) is 0 Å². The lowest BCUT2D eigenvalue weighted by Gasteiger charge is -2.11. The monoisotopic (exact) mass is 278 g/mol. The summed E-state index contributed by atoms with van der Waals surface area (Å²) in [6.07, 6.45) is 3.57. The Morgan fingerprint density at radius 3 is 2.68 bits per heavy atom. The van der Waals surface area contributed by atoms with E-state index in [4.69, 9.17) is 0 Å². The fourth-order valence-electron chi connectivity index (χ4n) is 1.74. The van der Waals surface area contributed by atoms with Gasteiger partial charge in [-0.1, -0.05) is 13.3 Å². The maximum atomic E-state index is 4.38. The minimum atomic E-state index is 0.843. The lowest BCUT2D eigenvalue weighted by molar-refractivity contribution is 0.762. The van der Waals surface area contributed by atoms with E-state index in [0.29, 0.717) is 0 Å². The van der Waals surface area contributed by atoms with Crippen molar-refractivity contribution in [3.63, 3.8) is 0 Å². The third-order valence-electron chi connectivity index (χ3n) is 2.88. The van der Waals surface area contributed by atoms with Crippen LogP contribution in [0.3, 0.4) is 0 Å². The number of rotatable bonds is 5. The van der Waals surface area contributed by atoms with Gasteiger partial charge in [-0.25, -0.2) is 9.97 Å². The lowest BCUT2D eigenvalue weighted by Crippen LogP contribution is -2.03. The summed E-state index contributed by atoms with van der Waals surface area (Å²) in [6.45, 7) is 4.08. The zero-order valence-corrected chi connectivity index (χ0v) is 12.5. The van der Waals surface area contributed by atoms with Crippen LogP contribution in [0.5, 0.6) is 0 Å². The highest BCUT2D eigenvalue weighted by Gasteiger charge is 2.14. The summed E-state index contributed by atoms with van der Waals surface area (Å²) in [5, 5.41) is 13.1. The maximum absolute atomic E-state index is 4.38. The van der Waals surface area contributed by atoms with Crippen LogP contribution >= 0.6 is 11.8 Å². The van der Waals surface area contributed by atoms with Crippen molar-refractivity contribution in [1.82, 2.24) is 24.7 Å². The summed E-state index contributed by atoms with van der Waals surface area (Å²) in [4.78, 5) is 8.65. The van der Waals surface area contributed by atoms with E-state index in [1.54, 1.807) is 6.33 Å². The Hall–Kier alpha value is -1.63. The largest absolute Gasteiger partial charge is 0.373 e. The molecule has 0 aliphatic rings. The van der Waals surface area contributed by atoms with E-state index in [2.05, 4.69) is 32.4 Å². The molecule has 2 heterocycles. The van der Waals surface area contributed by atoms with Gasteiger partial charge in [-0.15, -0.1) is 10.2 Å². The summed E-state index contributed by atoms with van der Waals surface area (Å²) < 4.78 is 1.96.